The second-order valence-electron chi connectivity index (χ2n) is 5.24. The Kier molecular flexibility index (Phi) is 5.13. The Labute approximate surface area is 128 Å². The van der Waals surface area contributed by atoms with Gasteiger partial charge in [-0.15, -0.1) is 11.3 Å². The van der Waals surface area contributed by atoms with Crippen LogP contribution in [0.4, 0.5) is 4.39 Å². The molecule has 0 fully saturated rings. The highest BCUT2D eigenvalue weighted by atomic mass is 32.2. The van der Waals surface area contributed by atoms with Gasteiger partial charge >= 0.3 is 0 Å². The van der Waals surface area contributed by atoms with Crippen LogP contribution in [-0.2, 0) is 15.8 Å². The van der Waals surface area contributed by atoms with E-state index in [1.54, 1.807) is 0 Å². The van der Waals surface area contributed by atoms with Gasteiger partial charge in [-0.1, -0.05) is 32.0 Å². The van der Waals surface area contributed by atoms with Crippen LogP contribution in [0.1, 0.15) is 30.3 Å². The maximum Gasteiger partial charge on any atom is 0.216 e. The molecule has 1 atom stereocenters. The number of sulfonamides is 1. The summed E-state index contributed by atoms with van der Waals surface area (Å²) in [4.78, 5) is 0.993. The summed E-state index contributed by atoms with van der Waals surface area (Å²) in [6.07, 6.45) is 0. The van der Waals surface area contributed by atoms with Gasteiger partial charge in [-0.25, -0.2) is 17.5 Å². The number of halogens is 1. The highest BCUT2D eigenvalue weighted by molar-refractivity contribution is 7.88. The standard InChI is InChI=1S/C15H18FNO2S2/c1-11(2)15(14-4-3-9-20-14)17-21(18,19)10-12-5-7-13(16)8-6-12/h3-9,11,15,17H,10H2,1-2H3/t15-/m0/s1. The number of thiophene rings is 1. The first kappa shape index (κ1) is 16.1. The summed E-state index contributed by atoms with van der Waals surface area (Å²) < 4.78 is 40.2. The minimum absolute atomic E-state index is 0.145. The van der Waals surface area contributed by atoms with Crippen molar-refractivity contribution in [3.63, 3.8) is 0 Å². The zero-order chi connectivity index (χ0) is 15.5. The maximum absolute atomic E-state index is 12.9. The fraction of sp³-hybridized carbons (Fsp3) is 0.333. The van der Waals surface area contributed by atoms with Crippen LogP contribution >= 0.6 is 11.3 Å². The lowest BCUT2D eigenvalue weighted by molar-refractivity contribution is 0.468. The molecule has 1 aromatic heterocycles. The van der Waals surface area contributed by atoms with Crippen molar-refractivity contribution in [1.29, 1.82) is 0 Å². The van der Waals surface area contributed by atoms with E-state index in [0.29, 0.717) is 5.56 Å². The summed E-state index contributed by atoms with van der Waals surface area (Å²) in [6, 6.07) is 9.11. The number of hydrogen-bond acceptors (Lipinski definition) is 3. The topological polar surface area (TPSA) is 46.2 Å². The van der Waals surface area contributed by atoms with Crippen molar-refractivity contribution in [2.24, 2.45) is 5.92 Å². The van der Waals surface area contributed by atoms with Gasteiger partial charge in [0.1, 0.15) is 5.82 Å². The molecule has 2 aromatic rings. The highest BCUT2D eigenvalue weighted by Crippen LogP contribution is 2.27. The minimum Gasteiger partial charge on any atom is -0.212 e. The average molecular weight is 327 g/mol. The molecule has 0 amide bonds. The number of benzene rings is 1. The third kappa shape index (κ3) is 4.62. The lowest BCUT2D eigenvalue weighted by Crippen LogP contribution is -2.32. The second kappa shape index (κ2) is 6.68. The fourth-order valence-electron chi connectivity index (χ4n) is 2.03. The zero-order valence-corrected chi connectivity index (χ0v) is 13.5. The van der Waals surface area contributed by atoms with Crippen LogP contribution in [0.5, 0.6) is 0 Å². The molecule has 1 aromatic carbocycles. The molecule has 0 aliphatic rings. The van der Waals surface area contributed by atoms with Crippen molar-refractivity contribution in [2.45, 2.75) is 25.6 Å². The van der Waals surface area contributed by atoms with E-state index in [1.807, 2.05) is 31.4 Å². The SMILES string of the molecule is CC(C)[C@H](NS(=O)(=O)Cc1ccc(F)cc1)c1cccs1. The first-order valence-corrected chi connectivity index (χ1v) is 9.18. The van der Waals surface area contributed by atoms with Crippen molar-refractivity contribution in [3.05, 3.63) is 58.0 Å². The first-order valence-electron chi connectivity index (χ1n) is 6.65. The molecule has 0 unspecified atom stereocenters. The van der Waals surface area contributed by atoms with Crippen molar-refractivity contribution in [2.75, 3.05) is 0 Å². The van der Waals surface area contributed by atoms with Crippen molar-refractivity contribution >= 4 is 21.4 Å². The van der Waals surface area contributed by atoms with E-state index < -0.39 is 10.0 Å². The first-order chi connectivity index (χ1) is 9.87. The summed E-state index contributed by atoms with van der Waals surface area (Å²) in [7, 11) is -3.48. The Hall–Kier alpha value is -1.24. The Morgan fingerprint density at radius 3 is 2.38 bits per heavy atom. The molecule has 0 spiro atoms. The molecule has 114 valence electrons. The molecule has 0 saturated heterocycles. The van der Waals surface area contributed by atoms with Crippen LogP contribution in [-0.4, -0.2) is 8.42 Å². The summed E-state index contributed by atoms with van der Waals surface area (Å²) in [6.45, 7) is 3.95. The molecule has 6 heteroatoms. The van der Waals surface area contributed by atoms with Gasteiger partial charge in [0.2, 0.25) is 10.0 Å². The molecule has 1 N–H and O–H groups in total. The largest absolute Gasteiger partial charge is 0.216 e. The van der Waals surface area contributed by atoms with E-state index in [4.69, 9.17) is 0 Å². The maximum atomic E-state index is 12.9. The molecule has 0 radical (unpaired) electrons. The van der Waals surface area contributed by atoms with Crippen molar-refractivity contribution in [3.8, 4) is 0 Å². The van der Waals surface area contributed by atoms with Crippen LogP contribution in [0.15, 0.2) is 41.8 Å². The van der Waals surface area contributed by atoms with E-state index in [9.17, 15) is 12.8 Å². The molecule has 3 nitrogen and oxygen atoms in total. The number of nitrogens with one attached hydrogen (secondary N) is 1. The summed E-state index contributed by atoms with van der Waals surface area (Å²) in [5.74, 6) is -0.378. The molecule has 0 aliphatic heterocycles. The number of rotatable bonds is 6. The smallest absolute Gasteiger partial charge is 0.212 e. The zero-order valence-electron chi connectivity index (χ0n) is 11.9. The third-order valence-electron chi connectivity index (χ3n) is 3.09. The highest BCUT2D eigenvalue weighted by Gasteiger charge is 2.23. The van der Waals surface area contributed by atoms with Gasteiger partial charge in [0, 0.05) is 4.88 Å². The normalized spacial score (nSPS) is 13.5. The molecule has 1 heterocycles. The van der Waals surface area contributed by atoms with Crippen molar-refractivity contribution in [1.82, 2.24) is 4.72 Å². The van der Waals surface area contributed by atoms with E-state index in [0.717, 1.165) is 4.88 Å². The van der Waals surface area contributed by atoms with E-state index in [-0.39, 0.29) is 23.5 Å². The van der Waals surface area contributed by atoms with Gasteiger partial charge in [0.05, 0.1) is 11.8 Å². The Morgan fingerprint density at radius 2 is 1.86 bits per heavy atom. The predicted octanol–water partition coefficient (Wildman–Crippen LogP) is 3.70. The van der Waals surface area contributed by atoms with Crippen molar-refractivity contribution < 1.29 is 12.8 Å². The lowest BCUT2D eigenvalue weighted by Gasteiger charge is -2.21. The van der Waals surface area contributed by atoms with Crippen LogP contribution < -0.4 is 4.72 Å². The quantitative estimate of drug-likeness (QED) is 0.879. The predicted molar refractivity (Wildman–Crippen MR) is 84.1 cm³/mol. The van der Waals surface area contributed by atoms with Gasteiger partial charge in [-0.05, 0) is 35.1 Å². The van der Waals surface area contributed by atoms with Gasteiger partial charge in [-0.2, -0.15) is 0 Å². The van der Waals surface area contributed by atoms with Crippen LogP contribution in [0.3, 0.4) is 0 Å². The minimum atomic E-state index is -3.48. The molecule has 2 rings (SSSR count). The van der Waals surface area contributed by atoms with Gasteiger partial charge in [0.15, 0.2) is 0 Å². The van der Waals surface area contributed by atoms with Gasteiger partial charge in [-0.3, -0.25) is 0 Å². The molecular weight excluding hydrogens is 309 g/mol. The van der Waals surface area contributed by atoms with Crippen LogP contribution in [0.25, 0.3) is 0 Å². The Bertz CT molecular complexity index is 664. The molecular formula is C15H18FNO2S2. The molecule has 0 bridgehead atoms. The summed E-state index contributed by atoms with van der Waals surface area (Å²) in [5, 5.41) is 1.93. The lowest BCUT2D eigenvalue weighted by atomic mass is 10.0. The van der Waals surface area contributed by atoms with Gasteiger partial charge < -0.3 is 0 Å². The number of hydrogen-bond donors (Lipinski definition) is 1. The molecule has 21 heavy (non-hydrogen) atoms. The van der Waals surface area contributed by atoms with E-state index in [2.05, 4.69) is 4.72 Å². The van der Waals surface area contributed by atoms with Crippen LogP contribution in [0.2, 0.25) is 0 Å². The second-order valence-corrected chi connectivity index (χ2v) is 7.97. The van der Waals surface area contributed by atoms with Crippen LogP contribution in [0, 0.1) is 11.7 Å². The van der Waals surface area contributed by atoms with Gasteiger partial charge in [0.25, 0.3) is 0 Å². The van der Waals surface area contributed by atoms with E-state index in [1.165, 1.54) is 35.6 Å². The Balaban J connectivity index is 2.13. The molecule has 0 saturated carbocycles. The summed E-state index contributed by atoms with van der Waals surface area (Å²) >= 11 is 1.53. The third-order valence-corrected chi connectivity index (χ3v) is 5.37. The molecule has 0 aliphatic carbocycles. The monoisotopic (exact) mass is 327 g/mol. The average Bonchev–Trinajstić information content (AvgIpc) is 2.92. The van der Waals surface area contributed by atoms with E-state index >= 15 is 0 Å². The Morgan fingerprint density at radius 1 is 1.19 bits per heavy atom. The fourth-order valence-corrected chi connectivity index (χ4v) is 4.55. The summed E-state index contributed by atoms with van der Waals surface area (Å²) in [5.41, 5.74) is 0.567.